The minimum atomic E-state index is 0.0687. The van der Waals surface area contributed by atoms with Gasteiger partial charge in [-0.05, 0) is 30.2 Å². The zero-order valence-corrected chi connectivity index (χ0v) is 15.7. The number of rotatable bonds is 4. The second kappa shape index (κ2) is 8.02. The standard InChI is InChI=1S/C19H21ClN6O/c20-16-5-3-15(4-6-16)14-24-8-2-9-25(12-11-24)18(27)13-17-22-19-21-7-1-10-26(19)23-17/h1,3-7,10H,2,8-9,11-14H2. The Bertz CT molecular complexity index is 892. The van der Waals surface area contributed by atoms with Gasteiger partial charge in [-0.15, -0.1) is 5.10 Å². The summed E-state index contributed by atoms with van der Waals surface area (Å²) in [5, 5.41) is 5.08. The summed E-state index contributed by atoms with van der Waals surface area (Å²) in [6.45, 7) is 4.19. The van der Waals surface area contributed by atoms with Crippen LogP contribution in [0.5, 0.6) is 0 Å². The van der Waals surface area contributed by atoms with Crippen LogP contribution >= 0.6 is 11.6 Å². The lowest BCUT2D eigenvalue weighted by Crippen LogP contribution is -2.36. The number of halogens is 1. The molecule has 1 saturated heterocycles. The van der Waals surface area contributed by atoms with Gasteiger partial charge in [0, 0.05) is 50.1 Å². The third-order valence-corrected chi connectivity index (χ3v) is 4.98. The molecule has 1 amide bonds. The number of aromatic nitrogens is 4. The largest absolute Gasteiger partial charge is 0.341 e. The molecule has 0 unspecified atom stereocenters. The minimum Gasteiger partial charge on any atom is -0.341 e. The lowest BCUT2D eigenvalue weighted by molar-refractivity contribution is -0.130. The number of hydrogen-bond acceptors (Lipinski definition) is 5. The summed E-state index contributed by atoms with van der Waals surface area (Å²) < 4.78 is 1.60. The summed E-state index contributed by atoms with van der Waals surface area (Å²) in [4.78, 5) is 25.4. The van der Waals surface area contributed by atoms with E-state index >= 15 is 0 Å². The van der Waals surface area contributed by atoms with E-state index in [1.807, 2.05) is 17.0 Å². The van der Waals surface area contributed by atoms with Gasteiger partial charge in [-0.3, -0.25) is 9.69 Å². The highest BCUT2D eigenvalue weighted by atomic mass is 35.5. The number of hydrogen-bond donors (Lipinski definition) is 0. The molecule has 0 spiro atoms. The van der Waals surface area contributed by atoms with Crippen LogP contribution in [0.4, 0.5) is 0 Å². The Labute approximate surface area is 162 Å². The van der Waals surface area contributed by atoms with Gasteiger partial charge < -0.3 is 4.90 Å². The highest BCUT2D eigenvalue weighted by Gasteiger charge is 2.21. The molecule has 2 aromatic heterocycles. The van der Waals surface area contributed by atoms with Crippen LogP contribution in [-0.4, -0.2) is 61.5 Å². The number of nitrogens with zero attached hydrogens (tertiary/aromatic N) is 6. The van der Waals surface area contributed by atoms with Crippen LogP contribution in [-0.2, 0) is 17.8 Å². The fourth-order valence-electron chi connectivity index (χ4n) is 3.32. The van der Waals surface area contributed by atoms with Crippen LogP contribution in [0.15, 0.2) is 42.7 Å². The van der Waals surface area contributed by atoms with Crippen molar-refractivity contribution in [3.63, 3.8) is 0 Å². The second-order valence-electron chi connectivity index (χ2n) is 6.71. The molecule has 1 aromatic carbocycles. The minimum absolute atomic E-state index is 0.0687. The molecule has 0 radical (unpaired) electrons. The van der Waals surface area contributed by atoms with Crippen molar-refractivity contribution in [2.45, 2.75) is 19.4 Å². The summed E-state index contributed by atoms with van der Waals surface area (Å²) >= 11 is 5.95. The number of benzene rings is 1. The Morgan fingerprint density at radius 1 is 1.11 bits per heavy atom. The van der Waals surface area contributed by atoms with Gasteiger partial charge in [-0.2, -0.15) is 4.98 Å². The molecule has 1 aliphatic heterocycles. The van der Waals surface area contributed by atoms with Gasteiger partial charge in [0.1, 0.15) is 0 Å². The van der Waals surface area contributed by atoms with Gasteiger partial charge in [-0.25, -0.2) is 9.50 Å². The summed E-state index contributed by atoms with van der Waals surface area (Å²) in [6.07, 6.45) is 4.61. The smallest absolute Gasteiger partial charge is 0.252 e. The molecule has 0 N–H and O–H groups in total. The van der Waals surface area contributed by atoms with Gasteiger partial charge >= 0.3 is 0 Å². The zero-order chi connectivity index (χ0) is 18.6. The molecule has 27 heavy (non-hydrogen) atoms. The van der Waals surface area contributed by atoms with Crippen LogP contribution in [0.2, 0.25) is 5.02 Å². The maximum atomic E-state index is 12.7. The first-order valence-corrected chi connectivity index (χ1v) is 9.46. The van der Waals surface area contributed by atoms with E-state index in [-0.39, 0.29) is 12.3 Å². The van der Waals surface area contributed by atoms with Gasteiger partial charge in [0.25, 0.3) is 5.78 Å². The van der Waals surface area contributed by atoms with Crippen molar-refractivity contribution in [2.75, 3.05) is 26.2 Å². The molecule has 4 rings (SSSR count). The summed E-state index contributed by atoms with van der Waals surface area (Å²) in [5.41, 5.74) is 1.24. The van der Waals surface area contributed by atoms with Gasteiger partial charge in [0.05, 0.1) is 6.42 Å². The third-order valence-electron chi connectivity index (χ3n) is 4.73. The molecule has 8 heteroatoms. The lowest BCUT2D eigenvalue weighted by Gasteiger charge is -2.21. The average Bonchev–Trinajstić information content (AvgIpc) is 2.93. The fourth-order valence-corrected chi connectivity index (χ4v) is 3.45. The van der Waals surface area contributed by atoms with Crippen molar-refractivity contribution in [3.05, 3.63) is 59.1 Å². The first-order chi connectivity index (χ1) is 13.2. The van der Waals surface area contributed by atoms with Crippen molar-refractivity contribution in [1.82, 2.24) is 29.4 Å². The predicted molar refractivity (Wildman–Crippen MR) is 102 cm³/mol. The number of carbonyl (C=O) groups is 1. The van der Waals surface area contributed by atoms with E-state index in [2.05, 4.69) is 32.1 Å². The van der Waals surface area contributed by atoms with Crippen molar-refractivity contribution in [3.8, 4) is 0 Å². The van der Waals surface area contributed by atoms with Crippen molar-refractivity contribution >= 4 is 23.3 Å². The number of carbonyl (C=O) groups excluding carboxylic acids is 1. The maximum Gasteiger partial charge on any atom is 0.252 e. The molecule has 0 aliphatic carbocycles. The van der Waals surface area contributed by atoms with E-state index in [9.17, 15) is 4.79 Å². The Kier molecular flexibility index (Phi) is 5.31. The molecular weight excluding hydrogens is 364 g/mol. The molecule has 1 fully saturated rings. The van der Waals surface area contributed by atoms with Gasteiger partial charge in [0.2, 0.25) is 5.91 Å². The van der Waals surface area contributed by atoms with E-state index in [0.717, 1.165) is 44.2 Å². The molecule has 0 bridgehead atoms. The molecule has 7 nitrogen and oxygen atoms in total. The zero-order valence-electron chi connectivity index (χ0n) is 15.0. The summed E-state index contributed by atoms with van der Waals surface area (Å²) in [5.74, 6) is 1.10. The van der Waals surface area contributed by atoms with Crippen LogP contribution in [0.25, 0.3) is 5.78 Å². The first-order valence-electron chi connectivity index (χ1n) is 9.08. The van der Waals surface area contributed by atoms with E-state index in [4.69, 9.17) is 11.6 Å². The first kappa shape index (κ1) is 17.9. The Morgan fingerprint density at radius 2 is 1.96 bits per heavy atom. The SMILES string of the molecule is O=C(Cc1nc2ncccn2n1)N1CCCN(Cc2ccc(Cl)cc2)CC1. The van der Waals surface area contributed by atoms with E-state index < -0.39 is 0 Å². The Hall–Kier alpha value is -2.51. The predicted octanol–water partition coefficient (Wildman–Crippen LogP) is 2.05. The Balaban J connectivity index is 1.34. The van der Waals surface area contributed by atoms with Crippen LogP contribution in [0, 0.1) is 0 Å². The monoisotopic (exact) mass is 384 g/mol. The fraction of sp³-hybridized carbons (Fsp3) is 0.368. The normalized spacial score (nSPS) is 15.8. The van der Waals surface area contributed by atoms with Crippen molar-refractivity contribution < 1.29 is 4.79 Å². The third kappa shape index (κ3) is 4.43. The average molecular weight is 385 g/mol. The quantitative estimate of drug-likeness (QED) is 0.688. The topological polar surface area (TPSA) is 66.6 Å². The van der Waals surface area contributed by atoms with Gasteiger partial charge in [0.15, 0.2) is 5.82 Å². The van der Waals surface area contributed by atoms with Crippen LogP contribution in [0.3, 0.4) is 0 Å². The highest BCUT2D eigenvalue weighted by Crippen LogP contribution is 2.13. The number of fused-ring (bicyclic) bond motifs is 1. The van der Waals surface area contributed by atoms with Crippen molar-refractivity contribution in [1.29, 1.82) is 0 Å². The van der Waals surface area contributed by atoms with E-state index in [1.165, 1.54) is 5.56 Å². The molecule has 140 valence electrons. The van der Waals surface area contributed by atoms with E-state index in [0.29, 0.717) is 11.6 Å². The maximum absolute atomic E-state index is 12.7. The molecule has 1 aliphatic rings. The molecular formula is C19H21ClN6O. The number of amides is 1. The molecule has 0 saturated carbocycles. The lowest BCUT2D eigenvalue weighted by atomic mass is 10.2. The van der Waals surface area contributed by atoms with Crippen molar-refractivity contribution in [2.24, 2.45) is 0 Å². The molecule has 3 heterocycles. The van der Waals surface area contributed by atoms with Crippen LogP contribution < -0.4 is 0 Å². The van der Waals surface area contributed by atoms with E-state index in [1.54, 1.807) is 23.0 Å². The summed E-state index contributed by atoms with van der Waals surface area (Å²) in [6, 6.07) is 9.73. The van der Waals surface area contributed by atoms with Gasteiger partial charge in [-0.1, -0.05) is 23.7 Å². The van der Waals surface area contributed by atoms with Crippen LogP contribution in [0.1, 0.15) is 17.8 Å². The highest BCUT2D eigenvalue weighted by molar-refractivity contribution is 6.30. The molecule has 0 atom stereocenters. The Morgan fingerprint density at radius 3 is 2.78 bits per heavy atom. The molecule has 3 aromatic rings. The summed E-state index contributed by atoms with van der Waals surface area (Å²) in [7, 11) is 0. The second-order valence-corrected chi connectivity index (χ2v) is 7.14.